The molecule has 18 heavy (non-hydrogen) atoms. The van der Waals surface area contributed by atoms with E-state index in [2.05, 4.69) is 15.3 Å². The number of hydrogen-bond donors (Lipinski definition) is 2. The van der Waals surface area contributed by atoms with E-state index in [4.69, 9.17) is 0 Å². The summed E-state index contributed by atoms with van der Waals surface area (Å²) in [6, 6.07) is 9.58. The Balaban J connectivity index is 1.68. The second-order valence-electron chi connectivity index (χ2n) is 4.62. The predicted octanol–water partition coefficient (Wildman–Crippen LogP) is 2.15. The molecule has 0 saturated heterocycles. The summed E-state index contributed by atoms with van der Waals surface area (Å²) in [4.78, 5) is 19.5. The third kappa shape index (κ3) is 2.14. The summed E-state index contributed by atoms with van der Waals surface area (Å²) in [6.45, 7) is 0. The van der Waals surface area contributed by atoms with Gasteiger partial charge in [0.2, 0.25) is 5.91 Å². The number of aryl methyl sites for hydroxylation is 1. The Morgan fingerprint density at radius 1 is 1.33 bits per heavy atom. The van der Waals surface area contributed by atoms with Gasteiger partial charge in [-0.15, -0.1) is 0 Å². The monoisotopic (exact) mass is 241 g/mol. The molecule has 0 bridgehead atoms. The van der Waals surface area contributed by atoms with Crippen molar-refractivity contribution in [3.8, 4) is 0 Å². The highest BCUT2D eigenvalue weighted by atomic mass is 16.1. The maximum Gasteiger partial charge on any atom is 0.227 e. The number of aromatic amines is 1. The molecule has 2 N–H and O–H groups in total. The molecule has 0 aliphatic heterocycles. The van der Waals surface area contributed by atoms with Crippen molar-refractivity contribution in [3.05, 3.63) is 48.0 Å². The molecule has 1 amide bonds. The maximum absolute atomic E-state index is 12.2. The van der Waals surface area contributed by atoms with Crippen molar-refractivity contribution in [1.29, 1.82) is 0 Å². The summed E-state index contributed by atoms with van der Waals surface area (Å²) in [5.74, 6) is 0.121. The number of aromatic nitrogens is 2. The smallest absolute Gasteiger partial charge is 0.227 e. The van der Waals surface area contributed by atoms with E-state index in [1.165, 1.54) is 5.69 Å². The average molecular weight is 241 g/mol. The van der Waals surface area contributed by atoms with Crippen LogP contribution in [-0.2, 0) is 17.6 Å². The number of nitrogens with one attached hydrogen (secondary N) is 2. The van der Waals surface area contributed by atoms with Crippen LogP contribution in [0.4, 0.5) is 5.69 Å². The molecule has 0 spiro atoms. The van der Waals surface area contributed by atoms with Crippen LogP contribution >= 0.6 is 0 Å². The molecule has 4 heteroatoms. The lowest BCUT2D eigenvalue weighted by atomic mass is 9.89. The van der Waals surface area contributed by atoms with Crippen LogP contribution < -0.4 is 5.32 Å². The van der Waals surface area contributed by atoms with Gasteiger partial charge in [0.1, 0.15) is 0 Å². The highest BCUT2D eigenvalue weighted by Crippen LogP contribution is 2.24. The minimum Gasteiger partial charge on any atom is -0.348 e. The summed E-state index contributed by atoms with van der Waals surface area (Å²) in [7, 11) is 0. The number of imidazole rings is 1. The van der Waals surface area contributed by atoms with Crippen LogP contribution in [0.1, 0.15) is 17.8 Å². The average Bonchev–Trinajstić information content (AvgIpc) is 2.87. The molecule has 3 rings (SSSR count). The molecule has 1 aliphatic rings. The van der Waals surface area contributed by atoms with E-state index in [1.807, 2.05) is 30.3 Å². The number of carbonyl (C=O) groups excluding carboxylic acids is 1. The van der Waals surface area contributed by atoms with E-state index in [0.29, 0.717) is 0 Å². The number of para-hydroxylation sites is 1. The van der Waals surface area contributed by atoms with E-state index in [-0.39, 0.29) is 11.8 Å². The van der Waals surface area contributed by atoms with E-state index in [0.717, 1.165) is 30.6 Å². The van der Waals surface area contributed by atoms with Gasteiger partial charge in [-0.1, -0.05) is 18.2 Å². The highest BCUT2D eigenvalue weighted by Gasteiger charge is 2.26. The highest BCUT2D eigenvalue weighted by molar-refractivity contribution is 5.92. The molecule has 4 nitrogen and oxygen atoms in total. The molecule has 0 saturated carbocycles. The van der Waals surface area contributed by atoms with E-state index >= 15 is 0 Å². The second-order valence-corrected chi connectivity index (χ2v) is 4.62. The number of anilines is 1. The van der Waals surface area contributed by atoms with Crippen LogP contribution in [-0.4, -0.2) is 15.9 Å². The number of benzene rings is 1. The van der Waals surface area contributed by atoms with Gasteiger partial charge in [0.25, 0.3) is 0 Å². The van der Waals surface area contributed by atoms with Gasteiger partial charge in [0.15, 0.2) is 0 Å². The van der Waals surface area contributed by atoms with Crippen molar-refractivity contribution in [2.75, 3.05) is 5.32 Å². The minimum absolute atomic E-state index is 0.0287. The summed E-state index contributed by atoms with van der Waals surface area (Å²) in [5.41, 5.74) is 3.07. The van der Waals surface area contributed by atoms with Crippen molar-refractivity contribution in [1.82, 2.24) is 9.97 Å². The summed E-state index contributed by atoms with van der Waals surface area (Å²) in [5, 5.41) is 2.96. The fourth-order valence-electron chi connectivity index (χ4n) is 2.39. The molecule has 1 aromatic carbocycles. The normalized spacial score (nSPS) is 18.1. The molecule has 1 aliphatic carbocycles. The lowest BCUT2D eigenvalue weighted by Crippen LogP contribution is -2.28. The number of nitrogens with zero attached hydrogens (tertiary/aromatic N) is 1. The molecule has 1 unspecified atom stereocenters. The Kier molecular flexibility index (Phi) is 2.84. The maximum atomic E-state index is 12.2. The molecule has 1 aromatic heterocycles. The van der Waals surface area contributed by atoms with Gasteiger partial charge in [-0.3, -0.25) is 4.79 Å². The largest absolute Gasteiger partial charge is 0.348 e. The Labute approximate surface area is 105 Å². The SMILES string of the molecule is O=C(Nc1ccccc1)C1CCc2[nH]cnc2C1. The number of hydrogen-bond acceptors (Lipinski definition) is 2. The minimum atomic E-state index is 0.0287. The van der Waals surface area contributed by atoms with Crippen LogP contribution in [0.5, 0.6) is 0 Å². The summed E-state index contributed by atoms with van der Waals surface area (Å²) in [6.07, 6.45) is 4.23. The van der Waals surface area contributed by atoms with Gasteiger partial charge >= 0.3 is 0 Å². The molecular weight excluding hydrogens is 226 g/mol. The Morgan fingerprint density at radius 3 is 3.00 bits per heavy atom. The Bertz CT molecular complexity index is 547. The molecule has 92 valence electrons. The lowest BCUT2D eigenvalue weighted by Gasteiger charge is -2.20. The summed E-state index contributed by atoms with van der Waals surface area (Å²) < 4.78 is 0. The van der Waals surface area contributed by atoms with Crippen LogP contribution in [0.3, 0.4) is 0 Å². The number of rotatable bonds is 2. The van der Waals surface area contributed by atoms with Gasteiger partial charge < -0.3 is 10.3 Å². The number of fused-ring (bicyclic) bond motifs is 1. The fraction of sp³-hybridized carbons (Fsp3) is 0.286. The third-order valence-electron chi connectivity index (χ3n) is 3.40. The van der Waals surface area contributed by atoms with Gasteiger partial charge in [-0.05, 0) is 25.0 Å². The molecule has 0 radical (unpaired) electrons. The van der Waals surface area contributed by atoms with Gasteiger partial charge in [-0.2, -0.15) is 0 Å². The Hall–Kier alpha value is -2.10. The topological polar surface area (TPSA) is 57.8 Å². The number of amides is 1. The first-order valence-corrected chi connectivity index (χ1v) is 6.20. The summed E-state index contributed by atoms with van der Waals surface area (Å²) >= 11 is 0. The van der Waals surface area contributed by atoms with Crippen molar-refractivity contribution >= 4 is 11.6 Å². The zero-order valence-electron chi connectivity index (χ0n) is 10.0. The Morgan fingerprint density at radius 2 is 2.17 bits per heavy atom. The van der Waals surface area contributed by atoms with Gasteiger partial charge in [-0.25, -0.2) is 4.98 Å². The lowest BCUT2D eigenvalue weighted by molar-refractivity contribution is -0.120. The quantitative estimate of drug-likeness (QED) is 0.846. The first-order valence-electron chi connectivity index (χ1n) is 6.20. The number of carbonyl (C=O) groups is 1. The van der Waals surface area contributed by atoms with Crippen LogP contribution in [0.25, 0.3) is 0 Å². The first-order chi connectivity index (χ1) is 8.83. The molecule has 0 fully saturated rings. The third-order valence-corrected chi connectivity index (χ3v) is 3.40. The van der Waals surface area contributed by atoms with E-state index in [9.17, 15) is 4.79 Å². The van der Waals surface area contributed by atoms with Crippen LogP contribution in [0.15, 0.2) is 36.7 Å². The van der Waals surface area contributed by atoms with Crippen LogP contribution in [0, 0.1) is 5.92 Å². The second kappa shape index (κ2) is 4.64. The first kappa shape index (κ1) is 11.0. The van der Waals surface area contributed by atoms with Crippen molar-refractivity contribution < 1.29 is 4.79 Å². The standard InChI is InChI=1S/C14H15N3O/c18-14(17-11-4-2-1-3-5-11)10-6-7-12-13(8-10)16-9-15-12/h1-5,9-10H,6-8H2,(H,15,16)(H,17,18). The fourth-order valence-corrected chi connectivity index (χ4v) is 2.39. The predicted molar refractivity (Wildman–Crippen MR) is 69.2 cm³/mol. The molecule has 1 atom stereocenters. The molecule has 2 aromatic rings. The molecular formula is C14H15N3O. The zero-order valence-corrected chi connectivity index (χ0v) is 10.0. The zero-order chi connectivity index (χ0) is 12.4. The number of H-pyrrole nitrogens is 1. The van der Waals surface area contributed by atoms with Gasteiger partial charge in [0, 0.05) is 23.7 Å². The van der Waals surface area contributed by atoms with Crippen molar-refractivity contribution in [3.63, 3.8) is 0 Å². The van der Waals surface area contributed by atoms with Crippen molar-refractivity contribution in [2.24, 2.45) is 5.92 Å². The van der Waals surface area contributed by atoms with E-state index < -0.39 is 0 Å². The van der Waals surface area contributed by atoms with E-state index in [1.54, 1.807) is 6.33 Å². The van der Waals surface area contributed by atoms with Crippen molar-refractivity contribution in [2.45, 2.75) is 19.3 Å². The van der Waals surface area contributed by atoms with Crippen LogP contribution in [0.2, 0.25) is 0 Å². The van der Waals surface area contributed by atoms with Gasteiger partial charge in [0.05, 0.1) is 12.0 Å². The molecule has 1 heterocycles.